The molecule has 296 valence electrons. The Morgan fingerprint density at radius 3 is 1.46 bits per heavy atom. The van der Waals surface area contributed by atoms with Crippen molar-refractivity contribution >= 4 is 38.9 Å². The lowest BCUT2D eigenvalue weighted by Gasteiger charge is -2.35. The quantitative estimate of drug-likeness (QED) is 0.149. The summed E-state index contributed by atoms with van der Waals surface area (Å²) in [6, 6.07) is 93.2. The number of aromatic nitrogens is 1. The molecule has 0 aliphatic heterocycles. The molecule has 1 aliphatic carbocycles. The molecule has 1 heterocycles. The highest BCUT2D eigenvalue weighted by atomic mass is 15.1. The monoisotopic (exact) mass is 802 g/mol. The van der Waals surface area contributed by atoms with Crippen LogP contribution >= 0.6 is 0 Å². The van der Waals surface area contributed by atoms with Crippen molar-refractivity contribution in [2.75, 3.05) is 4.90 Å². The van der Waals surface area contributed by atoms with Gasteiger partial charge in [-0.3, -0.25) is 0 Å². The number of para-hydroxylation sites is 2. The summed E-state index contributed by atoms with van der Waals surface area (Å²) in [5.41, 5.74) is 18.7. The molecule has 12 rings (SSSR count). The van der Waals surface area contributed by atoms with E-state index in [1.807, 2.05) is 0 Å². The minimum absolute atomic E-state index is 0.502. The van der Waals surface area contributed by atoms with Crippen molar-refractivity contribution in [3.63, 3.8) is 0 Å². The predicted molar refractivity (Wildman–Crippen MR) is 264 cm³/mol. The summed E-state index contributed by atoms with van der Waals surface area (Å²) in [6.07, 6.45) is 0. The van der Waals surface area contributed by atoms with E-state index in [-0.39, 0.29) is 0 Å². The van der Waals surface area contributed by atoms with Gasteiger partial charge in [0.25, 0.3) is 0 Å². The normalized spacial score (nSPS) is 12.6. The third kappa shape index (κ3) is 5.95. The number of nitrogens with zero attached hydrogens (tertiary/aromatic N) is 2. The Balaban J connectivity index is 1.01. The number of anilines is 3. The van der Waals surface area contributed by atoms with E-state index in [9.17, 15) is 0 Å². The molecule has 1 aliphatic rings. The van der Waals surface area contributed by atoms with Crippen LogP contribution in [0.25, 0.3) is 60.9 Å². The lowest BCUT2D eigenvalue weighted by atomic mass is 9.67. The Kier molecular flexibility index (Phi) is 8.76. The molecule has 0 saturated heterocycles. The Hall–Kier alpha value is -8.20. The van der Waals surface area contributed by atoms with Gasteiger partial charge < -0.3 is 9.47 Å². The van der Waals surface area contributed by atoms with Crippen molar-refractivity contribution in [1.29, 1.82) is 0 Å². The average molecular weight is 803 g/mol. The molecule has 0 N–H and O–H groups in total. The highest BCUT2D eigenvalue weighted by Crippen LogP contribution is 2.56. The summed E-state index contributed by atoms with van der Waals surface area (Å²) in [5.74, 6) is 0. The van der Waals surface area contributed by atoms with E-state index in [2.05, 4.69) is 264 Å². The first-order valence-electron chi connectivity index (χ1n) is 21.8. The van der Waals surface area contributed by atoms with Crippen molar-refractivity contribution in [3.05, 3.63) is 277 Å². The Morgan fingerprint density at radius 1 is 0.302 bits per heavy atom. The van der Waals surface area contributed by atoms with Crippen molar-refractivity contribution in [1.82, 2.24) is 4.57 Å². The number of hydrogen-bond donors (Lipinski definition) is 0. The first-order chi connectivity index (χ1) is 31.3. The van der Waals surface area contributed by atoms with Crippen LogP contribution in [0.3, 0.4) is 0 Å². The molecule has 0 bridgehead atoms. The first kappa shape index (κ1) is 36.6. The zero-order valence-corrected chi connectivity index (χ0v) is 34.6. The van der Waals surface area contributed by atoms with Gasteiger partial charge in [0.15, 0.2) is 0 Å². The Morgan fingerprint density at radius 2 is 0.794 bits per heavy atom. The summed E-state index contributed by atoms with van der Waals surface area (Å²) >= 11 is 0. The maximum absolute atomic E-state index is 2.42. The molecule has 0 atom stereocenters. The highest BCUT2D eigenvalue weighted by molar-refractivity contribution is 6.10. The average Bonchev–Trinajstić information content (AvgIpc) is 3.86. The molecule has 0 fully saturated rings. The van der Waals surface area contributed by atoms with Crippen LogP contribution in [-0.4, -0.2) is 4.57 Å². The van der Waals surface area contributed by atoms with Crippen LogP contribution in [-0.2, 0) is 5.41 Å². The molecule has 0 spiro atoms. The van der Waals surface area contributed by atoms with Gasteiger partial charge in [0, 0.05) is 33.5 Å². The summed E-state index contributed by atoms with van der Waals surface area (Å²) in [5, 5.41) is 2.51. The molecule has 10 aromatic carbocycles. The third-order valence-corrected chi connectivity index (χ3v) is 13.1. The smallest absolute Gasteiger partial charge is 0.0714 e. The van der Waals surface area contributed by atoms with Gasteiger partial charge in [-0.2, -0.15) is 0 Å². The molecule has 63 heavy (non-hydrogen) atoms. The summed E-state index contributed by atoms with van der Waals surface area (Å²) < 4.78 is 2.39. The zero-order chi connectivity index (χ0) is 41.7. The van der Waals surface area contributed by atoms with Crippen LogP contribution in [0.1, 0.15) is 22.3 Å². The Bertz CT molecular complexity index is 3380. The van der Waals surface area contributed by atoms with Crippen LogP contribution < -0.4 is 4.90 Å². The van der Waals surface area contributed by atoms with Gasteiger partial charge >= 0.3 is 0 Å². The number of benzene rings is 10. The second-order valence-corrected chi connectivity index (χ2v) is 16.5. The van der Waals surface area contributed by atoms with Crippen molar-refractivity contribution < 1.29 is 0 Å². The molecule has 11 aromatic rings. The maximum Gasteiger partial charge on any atom is 0.0714 e. The summed E-state index contributed by atoms with van der Waals surface area (Å²) in [4.78, 5) is 2.41. The molecule has 2 nitrogen and oxygen atoms in total. The van der Waals surface area contributed by atoms with Crippen LogP contribution in [0.2, 0.25) is 0 Å². The van der Waals surface area contributed by atoms with Crippen LogP contribution in [0, 0.1) is 0 Å². The van der Waals surface area contributed by atoms with Gasteiger partial charge in [0.2, 0.25) is 0 Å². The molecule has 0 radical (unpaired) electrons. The molecule has 0 unspecified atom stereocenters. The predicted octanol–water partition coefficient (Wildman–Crippen LogP) is 16.0. The van der Waals surface area contributed by atoms with E-state index in [0.29, 0.717) is 0 Å². The van der Waals surface area contributed by atoms with Crippen LogP contribution in [0.5, 0.6) is 0 Å². The van der Waals surface area contributed by atoms with E-state index in [4.69, 9.17) is 0 Å². The molecular weight excluding hydrogens is 761 g/mol. The second kappa shape index (κ2) is 15.1. The minimum Gasteiger partial charge on any atom is -0.310 e. The third-order valence-electron chi connectivity index (χ3n) is 13.1. The molecular formula is C61H42N2. The first-order valence-corrected chi connectivity index (χ1v) is 21.8. The fourth-order valence-corrected chi connectivity index (χ4v) is 10.3. The summed E-state index contributed by atoms with van der Waals surface area (Å²) in [7, 11) is 0. The SMILES string of the molecule is c1ccc(-c2ccc(N(c3ccc(-c4ccc5c6ccccc6n(-c6ccccc6)c5c4)cc3)c3cccc(C4(c5ccccc5)c5ccccc5-c5ccccc54)c3)cc2)cc1. The van der Waals surface area contributed by atoms with Crippen LogP contribution in [0.15, 0.2) is 255 Å². The molecule has 0 amide bonds. The molecule has 1 aromatic heterocycles. The van der Waals surface area contributed by atoms with Crippen molar-refractivity contribution in [2.24, 2.45) is 0 Å². The van der Waals surface area contributed by atoms with Crippen molar-refractivity contribution in [3.8, 4) is 39.1 Å². The number of rotatable bonds is 8. The molecule has 0 saturated carbocycles. The summed E-state index contributed by atoms with van der Waals surface area (Å²) in [6.45, 7) is 0. The van der Waals surface area contributed by atoms with Gasteiger partial charge in [-0.15, -0.1) is 0 Å². The molecule has 2 heteroatoms. The van der Waals surface area contributed by atoms with Gasteiger partial charge in [-0.05, 0) is 116 Å². The van der Waals surface area contributed by atoms with E-state index in [1.165, 1.54) is 77.4 Å². The zero-order valence-electron chi connectivity index (χ0n) is 34.6. The topological polar surface area (TPSA) is 8.17 Å². The van der Waals surface area contributed by atoms with Gasteiger partial charge in [0.05, 0.1) is 16.4 Å². The van der Waals surface area contributed by atoms with Crippen LogP contribution in [0.4, 0.5) is 17.1 Å². The lowest BCUT2D eigenvalue weighted by Crippen LogP contribution is -2.28. The van der Waals surface area contributed by atoms with E-state index in [1.54, 1.807) is 0 Å². The standard InChI is InChI=1S/C61H42N2/c1-4-17-43(18-5-1)44-31-36-50(37-32-44)62(51-38-33-45(34-39-51)46-35-40-56-55-27-12-15-30-59(55)63(60(56)41-46)49-22-8-3-9-23-49)52-24-16-21-48(42-52)61(47-19-6-2-7-20-47)57-28-13-10-25-53(57)54-26-11-14-29-58(54)61/h1-42H. The van der Waals surface area contributed by atoms with Gasteiger partial charge in [0.1, 0.15) is 0 Å². The van der Waals surface area contributed by atoms with Crippen molar-refractivity contribution in [2.45, 2.75) is 5.41 Å². The van der Waals surface area contributed by atoms with E-state index < -0.39 is 5.41 Å². The fraction of sp³-hybridized carbons (Fsp3) is 0.0164. The number of hydrogen-bond acceptors (Lipinski definition) is 1. The van der Waals surface area contributed by atoms with E-state index >= 15 is 0 Å². The highest BCUT2D eigenvalue weighted by Gasteiger charge is 2.46. The number of fused-ring (bicyclic) bond motifs is 6. The van der Waals surface area contributed by atoms with E-state index in [0.717, 1.165) is 22.7 Å². The lowest BCUT2D eigenvalue weighted by molar-refractivity contribution is 0.768. The van der Waals surface area contributed by atoms with Gasteiger partial charge in [-0.1, -0.05) is 194 Å². The Labute approximate surface area is 368 Å². The second-order valence-electron chi connectivity index (χ2n) is 16.5. The largest absolute Gasteiger partial charge is 0.310 e. The maximum atomic E-state index is 2.42. The minimum atomic E-state index is -0.502. The van der Waals surface area contributed by atoms with Gasteiger partial charge in [-0.25, -0.2) is 0 Å². The fourth-order valence-electron chi connectivity index (χ4n) is 10.3.